The summed E-state index contributed by atoms with van der Waals surface area (Å²) < 4.78 is 21.9. The summed E-state index contributed by atoms with van der Waals surface area (Å²) in [6.07, 6.45) is 5.85. The first-order valence-electron chi connectivity index (χ1n) is 10.1. The number of ether oxygens (including phenoxy) is 1. The van der Waals surface area contributed by atoms with Crippen molar-refractivity contribution in [1.82, 2.24) is 24.3 Å². The third-order valence-electron chi connectivity index (χ3n) is 5.08. The minimum Gasteiger partial charge on any atom is -0.494 e. The topological polar surface area (TPSA) is 131 Å². The van der Waals surface area contributed by atoms with Crippen LogP contribution in [0.2, 0.25) is 0 Å². The molecule has 0 saturated carbocycles. The number of nitrogens with zero attached hydrogens (tertiary/aromatic N) is 6. The molecule has 0 spiro atoms. The molecule has 2 N–H and O–H groups in total. The highest BCUT2D eigenvalue weighted by atomic mass is 19.1. The molecule has 11 heteroatoms. The Bertz CT molecular complexity index is 1440. The second-order valence-corrected chi connectivity index (χ2v) is 7.37. The van der Waals surface area contributed by atoms with Crippen LogP contribution in [-0.2, 0) is 0 Å². The molecule has 0 aliphatic carbocycles. The maximum atomic E-state index is 13.7. The van der Waals surface area contributed by atoms with Crippen LogP contribution in [0.4, 0.5) is 15.8 Å². The lowest BCUT2D eigenvalue weighted by Crippen LogP contribution is -2.32. The summed E-state index contributed by atoms with van der Waals surface area (Å²) in [4.78, 5) is 21.2. The van der Waals surface area contributed by atoms with Crippen LogP contribution in [0.15, 0.2) is 60.0 Å². The highest BCUT2D eigenvalue weighted by Gasteiger charge is 2.20. The van der Waals surface area contributed by atoms with Crippen molar-refractivity contribution in [2.45, 2.75) is 13.0 Å². The molecule has 34 heavy (non-hydrogen) atoms. The standard InChI is InChI=1S/C23H20FN7O3/c1-14-11-30(13-27-14)20-4-3-17(7-22(20)34-2)28-19-6-18(8-25)29-31(23(19)33)21(12-32)15-5-16(24)10-26-9-15/h3-7,9-11,13,21,28,32H,12H2,1-2H3/t21-/m0/s1. The van der Waals surface area contributed by atoms with Crippen molar-refractivity contribution in [3.8, 4) is 17.5 Å². The van der Waals surface area contributed by atoms with Crippen LogP contribution >= 0.6 is 0 Å². The van der Waals surface area contributed by atoms with E-state index >= 15 is 0 Å². The number of nitriles is 1. The molecule has 4 rings (SSSR count). The fraction of sp³-hybridized carbons (Fsp3) is 0.174. The number of methoxy groups -OCH3 is 1. The van der Waals surface area contributed by atoms with Gasteiger partial charge in [0.1, 0.15) is 29.4 Å². The molecule has 0 aliphatic heterocycles. The van der Waals surface area contributed by atoms with E-state index in [0.29, 0.717) is 11.4 Å². The summed E-state index contributed by atoms with van der Waals surface area (Å²) in [5.41, 5.74) is 1.71. The minimum atomic E-state index is -1.04. The fourth-order valence-electron chi connectivity index (χ4n) is 3.48. The van der Waals surface area contributed by atoms with Gasteiger partial charge in [-0.15, -0.1) is 0 Å². The van der Waals surface area contributed by atoms with Crippen molar-refractivity contribution in [3.05, 3.63) is 88.4 Å². The number of anilines is 2. The maximum Gasteiger partial charge on any atom is 0.291 e. The number of benzene rings is 1. The molecule has 0 amide bonds. The molecule has 1 atom stereocenters. The third-order valence-corrected chi connectivity index (χ3v) is 5.08. The van der Waals surface area contributed by atoms with Crippen LogP contribution < -0.4 is 15.6 Å². The summed E-state index contributed by atoms with van der Waals surface area (Å²) in [6, 6.07) is 8.54. The summed E-state index contributed by atoms with van der Waals surface area (Å²) in [5.74, 6) is -0.101. The molecule has 0 fully saturated rings. The number of aliphatic hydroxyl groups excluding tert-OH is 1. The molecule has 0 saturated heterocycles. The first kappa shape index (κ1) is 22.6. The van der Waals surface area contributed by atoms with E-state index in [-0.39, 0.29) is 16.9 Å². The molecule has 0 bridgehead atoms. The predicted octanol–water partition coefficient (Wildman–Crippen LogP) is 2.48. The van der Waals surface area contributed by atoms with Gasteiger partial charge in [0.15, 0.2) is 5.69 Å². The van der Waals surface area contributed by atoms with Gasteiger partial charge in [-0.2, -0.15) is 10.4 Å². The number of nitrogens with one attached hydrogen (secondary N) is 1. The average Bonchev–Trinajstić information content (AvgIpc) is 3.27. The Morgan fingerprint density at radius 1 is 1.29 bits per heavy atom. The number of halogens is 1. The van der Waals surface area contributed by atoms with Gasteiger partial charge in [-0.1, -0.05) is 0 Å². The second kappa shape index (κ2) is 9.51. The van der Waals surface area contributed by atoms with Gasteiger partial charge in [0.2, 0.25) is 0 Å². The Kier molecular flexibility index (Phi) is 6.33. The molecule has 10 nitrogen and oxygen atoms in total. The molecule has 172 valence electrons. The summed E-state index contributed by atoms with van der Waals surface area (Å²) >= 11 is 0. The predicted molar refractivity (Wildman–Crippen MR) is 121 cm³/mol. The molecule has 0 aliphatic rings. The lowest BCUT2D eigenvalue weighted by molar-refractivity contribution is 0.236. The zero-order valence-corrected chi connectivity index (χ0v) is 18.3. The quantitative estimate of drug-likeness (QED) is 0.429. The first-order valence-corrected chi connectivity index (χ1v) is 10.1. The van der Waals surface area contributed by atoms with E-state index in [4.69, 9.17) is 4.74 Å². The Morgan fingerprint density at radius 3 is 2.76 bits per heavy atom. The lowest BCUT2D eigenvalue weighted by Gasteiger charge is -2.18. The summed E-state index contributed by atoms with van der Waals surface area (Å²) in [7, 11) is 1.53. The Balaban J connectivity index is 1.74. The highest BCUT2D eigenvalue weighted by Crippen LogP contribution is 2.28. The summed E-state index contributed by atoms with van der Waals surface area (Å²) in [5, 5.41) is 26.4. The normalized spacial score (nSPS) is 11.6. The number of aromatic nitrogens is 5. The van der Waals surface area contributed by atoms with E-state index in [1.165, 1.54) is 19.4 Å². The van der Waals surface area contributed by atoms with Crippen LogP contribution in [0.1, 0.15) is 23.0 Å². The molecule has 0 radical (unpaired) electrons. The molecular weight excluding hydrogens is 441 g/mol. The number of aliphatic hydroxyl groups is 1. The van der Waals surface area contributed by atoms with Gasteiger partial charge >= 0.3 is 0 Å². The molecule has 3 aromatic heterocycles. The minimum absolute atomic E-state index is 0.0441. The lowest BCUT2D eigenvalue weighted by atomic mass is 10.1. The Hall–Kier alpha value is -4.56. The first-order chi connectivity index (χ1) is 16.4. The van der Waals surface area contributed by atoms with Crippen molar-refractivity contribution in [2.24, 2.45) is 0 Å². The molecule has 0 unspecified atom stereocenters. The molecule has 4 aromatic rings. The van der Waals surface area contributed by atoms with Gasteiger partial charge in [0.05, 0.1) is 37.6 Å². The van der Waals surface area contributed by atoms with E-state index in [1.807, 2.05) is 23.8 Å². The largest absolute Gasteiger partial charge is 0.494 e. The van der Waals surface area contributed by atoms with E-state index in [0.717, 1.165) is 28.3 Å². The van der Waals surface area contributed by atoms with Crippen LogP contribution in [-0.4, -0.2) is 43.1 Å². The van der Waals surface area contributed by atoms with Gasteiger partial charge in [-0.25, -0.2) is 14.1 Å². The average molecular weight is 461 g/mol. The van der Waals surface area contributed by atoms with Crippen LogP contribution in [0.3, 0.4) is 0 Å². The zero-order chi connectivity index (χ0) is 24.2. The van der Waals surface area contributed by atoms with E-state index in [2.05, 4.69) is 20.4 Å². The van der Waals surface area contributed by atoms with Crippen LogP contribution in [0.5, 0.6) is 5.75 Å². The Labute approximate surface area is 193 Å². The number of pyridine rings is 1. The third kappa shape index (κ3) is 4.48. The van der Waals surface area contributed by atoms with Gasteiger partial charge in [-0.05, 0) is 25.1 Å². The van der Waals surface area contributed by atoms with Crippen molar-refractivity contribution in [3.63, 3.8) is 0 Å². The van der Waals surface area contributed by atoms with Gasteiger partial charge in [0.25, 0.3) is 5.56 Å². The van der Waals surface area contributed by atoms with E-state index in [9.17, 15) is 19.6 Å². The van der Waals surface area contributed by atoms with Crippen molar-refractivity contribution >= 4 is 11.4 Å². The number of imidazole rings is 1. The number of aryl methyl sites for hydroxylation is 1. The maximum absolute atomic E-state index is 13.7. The highest BCUT2D eigenvalue weighted by molar-refractivity contribution is 5.65. The van der Waals surface area contributed by atoms with Crippen LogP contribution in [0.25, 0.3) is 5.69 Å². The number of hydrogen-bond donors (Lipinski definition) is 2. The molecule has 1 aromatic carbocycles. The smallest absolute Gasteiger partial charge is 0.291 e. The van der Waals surface area contributed by atoms with Gasteiger partial charge in [0, 0.05) is 35.8 Å². The number of hydrogen-bond acceptors (Lipinski definition) is 8. The zero-order valence-electron chi connectivity index (χ0n) is 18.3. The van der Waals surface area contributed by atoms with Crippen molar-refractivity contribution in [2.75, 3.05) is 19.0 Å². The summed E-state index contributed by atoms with van der Waals surface area (Å²) in [6.45, 7) is 1.32. The van der Waals surface area contributed by atoms with Crippen molar-refractivity contribution < 1.29 is 14.2 Å². The SMILES string of the molecule is COc1cc(Nc2cc(C#N)nn([C@@H](CO)c3cncc(F)c3)c2=O)ccc1-n1cnc(C)c1. The van der Waals surface area contributed by atoms with Gasteiger partial charge < -0.3 is 19.7 Å². The van der Waals surface area contributed by atoms with E-state index in [1.54, 1.807) is 24.5 Å². The fourth-order valence-corrected chi connectivity index (χ4v) is 3.48. The van der Waals surface area contributed by atoms with Crippen LogP contribution in [0, 0.1) is 24.1 Å². The number of rotatable bonds is 7. The van der Waals surface area contributed by atoms with E-state index < -0.39 is 24.0 Å². The van der Waals surface area contributed by atoms with Crippen molar-refractivity contribution in [1.29, 1.82) is 5.26 Å². The molecular formula is C23H20FN7O3. The second-order valence-electron chi connectivity index (χ2n) is 7.37. The van der Waals surface area contributed by atoms with Gasteiger partial charge in [-0.3, -0.25) is 9.78 Å². The molecule has 3 heterocycles. The monoisotopic (exact) mass is 461 g/mol. The Morgan fingerprint density at radius 2 is 2.12 bits per heavy atom.